The van der Waals surface area contributed by atoms with Gasteiger partial charge in [0.1, 0.15) is 6.04 Å². The first kappa shape index (κ1) is 20.6. The summed E-state index contributed by atoms with van der Waals surface area (Å²) in [6.07, 6.45) is 0. The van der Waals surface area contributed by atoms with Gasteiger partial charge in [0.25, 0.3) is 5.91 Å². The quantitative estimate of drug-likeness (QED) is 0.684. The van der Waals surface area contributed by atoms with E-state index in [9.17, 15) is 9.59 Å². The van der Waals surface area contributed by atoms with Gasteiger partial charge in [0.05, 0.1) is 6.61 Å². The molecule has 1 saturated heterocycles. The van der Waals surface area contributed by atoms with Gasteiger partial charge in [-0.05, 0) is 42.8 Å². The van der Waals surface area contributed by atoms with Crippen LogP contribution in [-0.2, 0) is 9.53 Å². The number of ether oxygens (including phenoxy) is 1. The molecule has 0 radical (unpaired) electrons. The molecular formula is C21H22Cl2N2O3. The monoisotopic (exact) mass is 420 g/mol. The summed E-state index contributed by atoms with van der Waals surface area (Å²) < 4.78 is 5.29. The Hall–Kier alpha value is -2.08. The number of amides is 1. The van der Waals surface area contributed by atoms with E-state index in [0.717, 1.165) is 5.56 Å². The van der Waals surface area contributed by atoms with Crippen molar-refractivity contribution >= 4 is 35.1 Å². The number of hydrogen-bond donors (Lipinski definition) is 0. The van der Waals surface area contributed by atoms with Crippen molar-refractivity contribution in [1.82, 2.24) is 9.80 Å². The van der Waals surface area contributed by atoms with Crippen molar-refractivity contribution in [1.29, 1.82) is 0 Å². The normalized spacial score (nSPS) is 15.9. The molecule has 0 saturated carbocycles. The third kappa shape index (κ3) is 4.85. The van der Waals surface area contributed by atoms with E-state index in [4.69, 9.17) is 27.9 Å². The minimum atomic E-state index is -0.513. The Morgan fingerprint density at radius 3 is 2.29 bits per heavy atom. The maximum atomic E-state index is 12.7. The minimum absolute atomic E-state index is 0.0543. The van der Waals surface area contributed by atoms with Crippen LogP contribution in [0.4, 0.5) is 0 Å². The van der Waals surface area contributed by atoms with Crippen molar-refractivity contribution in [3.05, 3.63) is 69.7 Å². The lowest BCUT2D eigenvalue weighted by Gasteiger charge is -2.38. The zero-order chi connectivity index (χ0) is 20.1. The van der Waals surface area contributed by atoms with Gasteiger partial charge in [0, 0.05) is 41.8 Å². The predicted molar refractivity (Wildman–Crippen MR) is 110 cm³/mol. The van der Waals surface area contributed by atoms with Gasteiger partial charge in [-0.1, -0.05) is 41.4 Å². The topological polar surface area (TPSA) is 49.9 Å². The molecule has 1 unspecified atom stereocenters. The van der Waals surface area contributed by atoms with Crippen LogP contribution in [0.2, 0.25) is 10.0 Å². The number of hydrogen-bond acceptors (Lipinski definition) is 4. The first-order valence-corrected chi connectivity index (χ1v) is 9.96. The van der Waals surface area contributed by atoms with Crippen LogP contribution in [0, 0.1) is 0 Å². The van der Waals surface area contributed by atoms with Gasteiger partial charge in [0.15, 0.2) is 0 Å². The fourth-order valence-electron chi connectivity index (χ4n) is 3.35. The van der Waals surface area contributed by atoms with E-state index in [-0.39, 0.29) is 11.9 Å². The van der Waals surface area contributed by atoms with Crippen molar-refractivity contribution < 1.29 is 14.3 Å². The van der Waals surface area contributed by atoms with Crippen LogP contribution in [0.25, 0.3) is 0 Å². The molecule has 2 aromatic rings. The van der Waals surface area contributed by atoms with Gasteiger partial charge in [-0.25, -0.2) is 4.79 Å². The van der Waals surface area contributed by atoms with E-state index in [0.29, 0.717) is 48.4 Å². The molecule has 1 fully saturated rings. The Morgan fingerprint density at radius 2 is 1.68 bits per heavy atom. The summed E-state index contributed by atoms with van der Waals surface area (Å²) in [5, 5.41) is 1.15. The molecule has 0 N–H and O–H groups in total. The summed E-state index contributed by atoms with van der Waals surface area (Å²) in [7, 11) is 0. The van der Waals surface area contributed by atoms with Gasteiger partial charge in [-0.15, -0.1) is 0 Å². The van der Waals surface area contributed by atoms with Crippen LogP contribution in [-0.4, -0.2) is 54.5 Å². The second kappa shape index (κ2) is 9.41. The lowest BCUT2D eigenvalue weighted by molar-refractivity contribution is -0.150. The standard InChI is InChI=1S/C21H22Cl2N2O3/c1-2-28-21(27)19(15-6-8-17(22)9-7-15)24-10-12-25(13-11-24)20(26)16-4-3-5-18(23)14-16/h3-9,14,19H,2,10-13H2,1H3. The Labute approximate surface area is 174 Å². The third-order valence-electron chi connectivity index (χ3n) is 4.73. The van der Waals surface area contributed by atoms with Crippen LogP contribution in [0.5, 0.6) is 0 Å². The number of nitrogens with zero attached hydrogens (tertiary/aromatic N) is 2. The van der Waals surface area contributed by atoms with E-state index in [2.05, 4.69) is 0 Å². The van der Waals surface area contributed by atoms with E-state index in [1.807, 2.05) is 17.0 Å². The van der Waals surface area contributed by atoms with E-state index >= 15 is 0 Å². The fraction of sp³-hybridized carbons (Fsp3) is 0.333. The summed E-state index contributed by atoms with van der Waals surface area (Å²) in [5.41, 5.74) is 1.40. The Balaban J connectivity index is 1.72. The van der Waals surface area contributed by atoms with Crippen molar-refractivity contribution in [2.45, 2.75) is 13.0 Å². The highest BCUT2D eigenvalue weighted by Crippen LogP contribution is 2.26. The van der Waals surface area contributed by atoms with Gasteiger partial charge in [-0.3, -0.25) is 9.69 Å². The van der Waals surface area contributed by atoms with Crippen molar-refractivity contribution in [2.24, 2.45) is 0 Å². The summed E-state index contributed by atoms with van der Waals surface area (Å²) in [6.45, 7) is 4.29. The SMILES string of the molecule is CCOC(=O)C(c1ccc(Cl)cc1)N1CCN(C(=O)c2cccc(Cl)c2)CC1. The number of piperazine rings is 1. The highest BCUT2D eigenvalue weighted by molar-refractivity contribution is 6.31. The van der Waals surface area contributed by atoms with Crippen molar-refractivity contribution in [2.75, 3.05) is 32.8 Å². The first-order valence-electron chi connectivity index (χ1n) is 9.20. The van der Waals surface area contributed by atoms with E-state index in [1.54, 1.807) is 48.2 Å². The number of rotatable bonds is 5. The highest BCUT2D eigenvalue weighted by atomic mass is 35.5. The average molecular weight is 421 g/mol. The minimum Gasteiger partial charge on any atom is -0.465 e. The summed E-state index contributed by atoms with van der Waals surface area (Å²) >= 11 is 12.0. The largest absolute Gasteiger partial charge is 0.465 e. The summed E-state index contributed by atoms with van der Waals surface area (Å²) in [5.74, 6) is -0.347. The second-order valence-electron chi connectivity index (χ2n) is 6.54. The molecule has 1 heterocycles. The zero-order valence-electron chi connectivity index (χ0n) is 15.6. The maximum absolute atomic E-state index is 12.7. The van der Waals surface area contributed by atoms with Crippen LogP contribution >= 0.6 is 23.2 Å². The maximum Gasteiger partial charge on any atom is 0.328 e. The number of benzene rings is 2. The lowest BCUT2D eigenvalue weighted by atomic mass is 10.0. The van der Waals surface area contributed by atoms with Crippen molar-refractivity contribution in [3.8, 4) is 0 Å². The summed E-state index contributed by atoms with van der Waals surface area (Å²) in [4.78, 5) is 29.2. The second-order valence-corrected chi connectivity index (χ2v) is 7.42. The molecule has 5 nitrogen and oxygen atoms in total. The molecule has 1 aliphatic rings. The van der Waals surface area contributed by atoms with E-state index < -0.39 is 6.04 Å². The molecule has 1 aliphatic heterocycles. The third-order valence-corrected chi connectivity index (χ3v) is 5.22. The van der Waals surface area contributed by atoms with E-state index in [1.165, 1.54) is 0 Å². The predicted octanol–water partition coefficient (Wildman–Crippen LogP) is 4.06. The number of halogens is 2. The molecule has 1 amide bonds. The highest BCUT2D eigenvalue weighted by Gasteiger charge is 2.32. The molecule has 3 rings (SSSR count). The molecule has 148 valence electrons. The molecule has 7 heteroatoms. The number of carbonyl (C=O) groups excluding carboxylic acids is 2. The van der Waals surface area contributed by atoms with Crippen LogP contribution in [0.3, 0.4) is 0 Å². The average Bonchev–Trinajstić information content (AvgIpc) is 2.70. The Kier molecular flexibility index (Phi) is 6.94. The van der Waals surface area contributed by atoms with Crippen LogP contribution in [0.15, 0.2) is 48.5 Å². The van der Waals surface area contributed by atoms with Crippen molar-refractivity contribution in [3.63, 3.8) is 0 Å². The van der Waals surface area contributed by atoms with Crippen LogP contribution < -0.4 is 0 Å². The van der Waals surface area contributed by atoms with Gasteiger partial charge >= 0.3 is 5.97 Å². The van der Waals surface area contributed by atoms with Crippen LogP contribution in [0.1, 0.15) is 28.9 Å². The molecular weight excluding hydrogens is 399 g/mol. The molecule has 0 aliphatic carbocycles. The lowest BCUT2D eigenvalue weighted by Crippen LogP contribution is -2.51. The van der Waals surface area contributed by atoms with Gasteiger partial charge in [0.2, 0.25) is 0 Å². The molecule has 28 heavy (non-hydrogen) atoms. The molecule has 1 atom stereocenters. The smallest absolute Gasteiger partial charge is 0.328 e. The fourth-order valence-corrected chi connectivity index (χ4v) is 3.67. The molecule has 2 aromatic carbocycles. The molecule has 0 spiro atoms. The molecule has 0 aromatic heterocycles. The Morgan fingerprint density at radius 1 is 1.00 bits per heavy atom. The van der Waals surface area contributed by atoms with Gasteiger partial charge in [-0.2, -0.15) is 0 Å². The summed E-state index contributed by atoms with van der Waals surface area (Å²) in [6, 6.07) is 13.6. The number of carbonyl (C=O) groups is 2. The zero-order valence-corrected chi connectivity index (χ0v) is 17.1. The molecule has 0 bridgehead atoms. The first-order chi connectivity index (χ1) is 13.5. The van der Waals surface area contributed by atoms with Gasteiger partial charge < -0.3 is 9.64 Å². The number of esters is 1. The Bertz CT molecular complexity index is 834.